The summed E-state index contributed by atoms with van der Waals surface area (Å²) in [6, 6.07) is 5.11. The van der Waals surface area contributed by atoms with Gasteiger partial charge in [-0.15, -0.1) is 0 Å². The Labute approximate surface area is 126 Å². The van der Waals surface area contributed by atoms with Crippen molar-refractivity contribution in [2.24, 2.45) is 5.41 Å². The van der Waals surface area contributed by atoms with E-state index in [-0.39, 0.29) is 5.41 Å². The van der Waals surface area contributed by atoms with Crippen molar-refractivity contribution in [3.05, 3.63) is 23.8 Å². The molecular weight excluding hydrogens is 288 g/mol. The zero-order valence-corrected chi connectivity index (χ0v) is 13.1. The van der Waals surface area contributed by atoms with Gasteiger partial charge < -0.3 is 10.1 Å². The third kappa shape index (κ3) is 3.22. The van der Waals surface area contributed by atoms with Crippen molar-refractivity contribution in [3.63, 3.8) is 0 Å². The SMILES string of the molecule is CC1(CNS(=O)(=O)c2ccc3c(c2)CCO3)CCNCC1. The summed E-state index contributed by atoms with van der Waals surface area (Å²) in [6.45, 7) is 5.18. The third-order valence-electron chi connectivity index (χ3n) is 4.47. The average Bonchev–Trinajstić information content (AvgIpc) is 2.94. The van der Waals surface area contributed by atoms with E-state index in [9.17, 15) is 8.42 Å². The molecule has 0 amide bonds. The van der Waals surface area contributed by atoms with Gasteiger partial charge in [0.15, 0.2) is 0 Å². The van der Waals surface area contributed by atoms with E-state index in [1.54, 1.807) is 18.2 Å². The van der Waals surface area contributed by atoms with E-state index >= 15 is 0 Å². The minimum Gasteiger partial charge on any atom is -0.493 e. The van der Waals surface area contributed by atoms with Crippen molar-refractivity contribution >= 4 is 10.0 Å². The van der Waals surface area contributed by atoms with E-state index in [1.165, 1.54) is 0 Å². The predicted octanol–water partition coefficient (Wildman–Crippen LogP) is 1.29. The van der Waals surface area contributed by atoms with Gasteiger partial charge in [0.25, 0.3) is 0 Å². The number of ether oxygens (including phenoxy) is 1. The molecule has 1 saturated heterocycles. The van der Waals surface area contributed by atoms with Crippen LogP contribution in [0.4, 0.5) is 0 Å². The Kier molecular flexibility index (Phi) is 3.94. The summed E-state index contributed by atoms with van der Waals surface area (Å²) in [6.07, 6.45) is 2.77. The molecule has 0 spiro atoms. The maximum absolute atomic E-state index is 12.4. The number of hydrogen-bond acceptors (Lipinski definition) is 4. The molecule has 0 atom stereocenters. The molecular formula is C15H22N2O3S. The molecule has 0 saturated carbocycles. The fraction of sp³-hybridized carbons (Fsp3) is 0.600. The first kappa shape index (κ1) is 14.8. The van der Waals surface area contributed by atoms with E-state index in [0.717, 1.165) is 43.7 Å². The number of hydrogen-bond donors (Lipinski definition) is 2. The quantitative estimate of drug-likeness (QED) is 0.879. The van der Waals surface area contributed by atoms with Gasteiger partial charge in [-0.1, -0.05) is 6.92 Å². The van der Waals surface area contributed by atoms with Crippen LogP contribution < -0.4 is 14.8 Å². The fourth-order valence-corrected chi connectivity index (χ4v) is 4.14. The molecule has 116 valence electrons. The highest BCUT2D eigenvalue weighted by atomic mass is 32.2. The van der Waals surface area contributed by atoms with Crippen LogP contribution in [0.15, 0.2) is 23.1 Å². The lowest BCUT2D eigenvalue weighted by atomic mass is 9.81. The standard InChI is InChI=1S/C15H22N2O3S/c1-15(5-7-16-8-6-15)11-17-21(18,19)13-2-3-14-12(10-13)4-9-20-14/h2-3,10,16-17H,4-9,11H2,1H3. The van der Waals surface area contributed by atoms with Gasteiger partial charge in [-0.2, -0.15) is 0 Å². The third-order valence-corrected chi connectivity index (χ3v) is 5.87. The van der Waals surface area contributed by atoms with Gasteiger partial charge in [0, 0.05) is 13.0 Å². The van der Waals surface area contributed by atoms with Gasteiger partial charge >= 0.3 is 0 Å². The summed E-state index contributed by atoms with van der Waals surface area (Å²) >= 11 is 0. The number of rotatable bonds is 4. The molecule has 3 rings (SSSR count). The first-order chi connectivity index (χ1) is 9.99. The Morgan fingerprint density at radius 2 is 2.10 bits per heavy atom. The minimum absolute atomic E-state index is 0.0398. The molecule has 1 aromatic rings. The number of benzene rings is 1. The summed E-state index contributed by atoms with van der Waals surface area (Å²) < 4.78 is 33.1. The van der Waals surface area contributed by atoms with Gasteiger partial charge in [0.2, 0.25) is 10.0 Å². The molecule has 2 aliphatic heterocycles. The Balaban J connectivity index is 1.72. The van der Waals surface area contributed by atoms with Crippen LogP contribution in [0.1, 0.15) is 25.3 Å². The van der Waals surface area contributed by atoms with Crippen molar-refractivity contribution in [1.82, 2.24) is 10.0 Å². The van der Waals surface area contributed by atoms with Gasteiger partial charge in [0.1, 0.15) is 5.75 Å². The summed E-state index contributed by atoms with van der Waals surface area (Å²) in [7, 11) is -3.45. The number of piperidine rings is 1. The second-order valence-corrected chi connectivity index (χ2v) is 8.02. The van der Waals surface area contributed by atoms with E-state index in [0.29, 0.717) is 18.0 Å². The molecule has 5 nitrogen and oxygen atoms in total. The lowest BCUT2D eigenvalue weighted by molar-refractivity contribution is 0.232. The molecule has 2 N–H and O–H groups in total. The zero-order valence-electron chi connectivity index (χ0n) is 12.3. The minimum atomic E-state index is -3.45. The van der Waals surface area contributed by atoms with E-state index in [4.69, 9.17) is 4.74 Å². The Hall–Kier alpha value is -1.11. The molecule has 0 radical (unpaired) electrons. The van der Waals surface area contributed by atoms with Crippen LogP contribution in [0.5, 0.6) is 5.75 Å². The number of nitrogens with one attached hydrogen (secondary N) is 2. The second-order valence-electron chi connectivity index (χ2n) is 6.25. The molecule has 2 heterocycles. The smallest absolute Gasteiger partial charge is 0.240 e. The van der Waals surface area contributed by atoms with Crippen molar-refractivity contribution in [2.45, 2.75) is 31.1 Å². The molecule has 0 unspecified atom stereocenters. The van der Waals surface area contributed by atoms with Crippen LogP contribution in [0.3, 0.4) is 0 Å². The van der Waals surface area contributed by atoms with Crippen LogP contribution in [0.2, 0.25) is 0 Å². The van der Waals surface area contributed by atoms with Crippen molar-refractivity contribution in [3.8, 4) is 5.75 Å². The topological polar surface area (TPSA) is 67.4 Å². The van der Waals surface area contributed by atoms with Crippen molar-refractivity contribution in [1.29, 1.82) is 0 Å². The van der Waals surface area contributed by atoms with Crippen molar-refractivity contribution < 1.29 is 13.2 Å². The Morgan fingerprint density at radius 1 is 1.33 bits per heavy atom. The number of fused-ring (bicyclic) bond motifs is 1. The van der Waals surface area contributed by atoms with Crippen molar-refractivity contribution in [2.75, 3.05) is 26.2 Å². The van der Waals surface area contributed by atoms with E-state index in [2.05, 4.69) is 17.0 Å². The molecule has 1 fully saturated rings. The van der Waals surface area contributed by atoms with E-state index < -0.39 is 10.0 Å². The predicted molar refractivity (Wildman–Crippen MR) is 81.0 cm³/mol. The molecule has 1 aromatic carbocycles. The largest absolute Gasteiger partial charge is 0.493 e. The van der Waals surface area contributed by atoms with Gasteiger partial charge in [-0.3, -0.25) is 0 Å². The number of sulfonamides is 1. The average molecular weight is 310 g/mol. The molecule has 21 heavy (non-hydrogen) atoms. The monoisotopic (exact) mass is 310 g/mol. The summed E-state index contributed by atoms with van der Waals surface area (Å²) in [5, 5.41) is 3.31. The molecule has 0 aliphatic carbocycles. The first-order valence-corrected chi connectivity index (χ1v) is 8.93. The summed E-state index contributed by atoms with van der Waals surface area (Å²) in [4.78, 5) is 0.337. The van der Waals surface area contributed by atoms with E-state index in [1.807, 2.05) is 0 Å². The lowest BCUT2D eigenvalue weighted by Gasteiger charge is -2.34. The van der Waals surface area contributed by atoms with Gasteiger partial charge in [-0.25, -0.2) is 13.1 Å². The second kappa shape index (κ2) is 5.59. The lowest BCUT2D eigenvalue weighted by Crippen LogP contribution is -2.42. The molecule has 0 aromatic heterocycles. The first-order valence-electron chi connectivity index (χ1n) is 7.45. The highest BCUT2D eigenvalue weighted by molar-refractivity contribution is 7.89. The van der Waals surface area contributed by atoms with Crippen LogP contribution in [0.25, 0.3) is 0 Å². The maximum Gasteiger partial charge on any atom is 0.240 e. The summed E-state index contributed by atoms with van der Waals surface area (Å²) in [5.74, 6) is 0.805. The Morgan fingerprint density at radius 3 is 2.86 bits per heavy atom. The van der Waals surface area contributed by atoms with Crippen LogP contribution in [-0.4, -0.2) is 34.7 Å². The highest BCUT2D eigenvalue weighted by Gasteiger charge is 2.29. The fourth-order valence-electron chi connectivity index (χ4n) is 2.89. The van der Waals surface area contributed by atoms with Crippen LogP contribution >= 0.6 is 0 Å². The Bertz CT molecular complexity index is 622. The van der Waals surface area contributed by atoms with Gasteiger partial charge in [-0.05, 0) is 55.1 Å². The molecule has 0 bridgehead atoms. The molecule has 2 aliphatic rings. The molecule has 6 heteroatoms. The van der Waals surface area contributed by atoms with Crippen LogP contribution in [-0.2, 0) is 16.4 Å². The van der Waals surface area contributed by atoms with Crippen LogP contribution in [0, 0.1) is 5.41 Å². The van der Waals surface area contributed by atoms with Gasteiger partial charge in [0.05, 0.1) is 11.5 Å². The maximum atomic E-state index is 12.4. The zero-order chi connectivity index (χ0) is 14.9. The highest BCUT2D eigenvalue weighted by Crippen LogP contribution is 2.29. The summed E-state index contributed by atoms with van der Waals surface area (Å²) in [5.41, 5.74) is 1.02. The normalized spacial score (nSPS) is 20.8.